The van der Waals surface area contributed by atoms with Gasteiger partial charge in [0.15, 0.2) is 0 Å². The molecule has 0 aromatic heterocycles. The third kappa shape index (κ3) is 5.98. The number of anilines is 1. The summed E-state index contributed by atoms with van der Waals surface area (Å²) in [5, 5.41) is 2.80. The summed E-state index contributed by atoms with van der Waals surface area (Å²) in [4.78, 5) is 38.2. The maximum absolute atomic E-state index is 12.6. The van der Waals surface area contributed by atoms with Gasteiger partial charge in [0.1, 0.15) is 11.6 Å². The Labute approximate surface area is 160 Å². The Morgan fingerprint density at radius 1 is 1.19 bits per heavy atom. The van der Waals surface area contributed by atoms with Crippen LogP contribution in [0.5, 0.6) is 0 Å². The van der Waals surface area contributed by atoms with E-state index in [1.165, 1.54) is 4.90 Å². The van der Waals surface area contributed by atoms with Crippen LogP contribution >= 0.6 is 0 Å². The molecule has 1 aromatic rings. The zero-order valence-corrected chi connectivity index (χ0v) is 16.4. The van der Waals surface area contributed by atoms with E-state index in [0.29, 0.717) is 30.8 Å². The van der Waals surface area contributed by atoms with Crippen molar-refractivity contribution in [3.8, 4) is 0 Å². The number of hydrogen-bond acceptors (Lipinski definition) is 5. The van der Waals surface area contributed by atoms with E-state index >= 15 is 0 Å². The maximum atomic E-state index is 12.6. The van der Waals surface area contributed by atoms with Crippen molar-refractivity contribution in [2.75, 3.05) is 18.5 Å². The summed E-state index contributed by atoms with van der Waals surface area (Å²) in [6.45, 7) is 8.18. The first-order chi connectivity index (χ1) is 12.7. The average Bonchev–Trinajstić information content (AvgIpc) is 3.09. The molecule has 0 aliphatic carbocycles. The van der Waals surface area contributed by atoms with Crippen molar-refractivity contribution in [1.82, 2.24) is 4.90 Å². The predicted molar refractivity (Wildman–Crippen MR) is 102 cm³/mol. The van der Waals surface area contributed by atoms with Crippen molar-refractivity contribution in [1.29, 1.82) is 0 Å². The van der Waals surface area contributed by atoms with Gasteiger partial charge in [0.25, 0.3) is 0 Å². The Morgan fingerprint density at radius 2 is 1.85 bits per heavy atom. The number of likely N-dealkylation sites (tertiary alicyclic amines) is 1. The van der Waals surface area contributed by atoms with Gasteiger partial charge in [0.2, 0.25) is 5.91 Å². The number of hydrogen-bond donors (Lipinski definition) is 1. The minimum Gasteiger partial charge on any atom is -0.462 e. The van der Waals surface area contributed by atoms with Crippen molar-refractivity contribution in [2.45, 2.75) is 58.6 Å². The van der Waals surface area contributed by atoms with E-state index in [1.807, 2.05) is 6.92 Å². The van der Waals surface area contributed by atoms with Crippen LogP contribution in [-0.2, 0) is 14.3 Å². The lowest BCUT2D eigenvalue weighted by Gasteiger charge is -2.28. The monoisotopic (exact) mass is 376 g/mol. The van der Waals surface area contributed by atoms with Gasteiger partial charge in [-0.1, -0.05) is 6.92 Å². The summed E-state index contributed by atoms with van der Waals surface area (Å²) in [7, 11) is 0. The van der Waals surface area contributed by atoms with Crippen molar-refractivity contribution >= 4 is 23.7 Å². The largest absolute Gasteiger partial charge is 0.462 e. The molecule has 7 nitrogen and oxygen atoms in total. The molecule has 1 atom stereocenters. The topological polar surface area (TPSA) is 84.9 Å². The molecular formula is C20H28N2O5. The lowest BCUT2D eigenvalue weighted by atomic mass is 10.1. The highest BCUT2D eigenvalue weighted by molar-refractivity contribution is 5.97. The quantitative estimate of drug-likeness (QED) is 0.794. The van der Waals surface area contributed by atoms with Gasteiger partial charge in [-0.2, -0.15) is 0 Å². The molecule has 1 fully saturated rings. The van der Waals surface area contributed by atoms with E-state index in [1.54, 1.807) is 45.0 Å². The van der Waals surface area contributed by atoms with Crippen LogP contribution in [0.2, 0.25) is 0 Å². The second kappa shape index (κ2) is 8.88. The summed E-state index contributed by atoms with van der Waals surface area (Å²) in [6, 6.07) is 5.94. The smallest absolute Gasteiger partial charge is 0.410 e. The van der Waals surface area contributed by atoms with Crippen molar-refractivity contribution < 1.29 is 23.9 Å². The third-order valence-corrected chi connectivity index (χ3v) is 4.01. The van der Waals surface area contributed by atoms with Crippen LogP contribution in [0.3, 0.4) is 0 Å². The zero-order chi connectivity index (χ0) is 20.0. The Morgan fingerprint density at radius 3 is 2.44 bits per heavy atom. The molecular weight excluding hydrogens is 348 g/mol. The first-order valence-corrected chi connectivity index (χ1v) is 9.29. The van der Waals surface area contributed by atoms with Gasteiger partial charge >= 0.3 is 12.1 Å². The first kappa shape index (κ1) is 20.7. The molecule has 0 spiro atoms. The van der Waals surface area contributed by atoms with Crippen molar-refractivity contribution in [3.63, 3.8) is 0 Å². The van der Waals surface area contributed by atoms with Gasteiger partial charge in [-0.3, -0.25) is 9.69 Å². The number of esters is 1. The van der Waals surface area contributed by atoms with E-state index in [9.17, 15) is 14.4 Å². The van der Waals surface area contributed by atoms with E-state index < -0.39 is 17.7 Å². The zero-order valence-electron chi connectivity index (χ0n) is 16.4. The number of carbonyl (C=O) groups is 3. The standard InChI is InChI=1S/C20H28N2O5/c1-5-13-26-18(24)14-8-10-15(11-9-14)21-17(23)16-7-6-12-22(16)19(25)27-20(2,3)4/h8-11,16H,5-7,12-13H2,1-4H3,(H,21,23)/t16-/m0/s1. The van der Waals surface area contributed by atoms with E-state index in [-0.39, 0.29) is 11.9 Å². The van der Waals surface area contributed by atoms with Crippen LogP contribution in [0.15, 0.2) is 24.3 Å². The molecule has 1 aliphatic rings. The molecule has 2 amide bonds. The summed E-state index contributed by atoms with van der Waals surface area (Å²) in [6.07, 6.45) is 1.62. The molecule has 148 valence electrons. The molecule has 1 N–H and O–H groups in total. The van der Waals surface area contributed by atoms with E-state index in [0.717, 1.165) is 12.8 Å². The van der Waals surface area contributed by atoms with E-state index in [2.05, 4.69) is 5.32 Å². The number of amides is 2. The van der Waals surface area contributed by atoms with Gasteiger partial charge < -0.3 is 14.8 Å². The second-order valence-corrected chi connectivity index (χ2v) is 7.53. The highest BCUT2D eigenvalue weighted by Crippen LogP contribution is 2.22. The number of ether oxygens (including phenoxy) is 2. The second-order valence-electron chi connectivity index (χ2n) is 7.53. The Hall–Kier alpha value is -2.57. The van der Waals surface area contributed by atoms with Crippen molar-refractivity contribution in [3.05, 3.63) is 29.8 Å². The minimum absolute atomic E-state index is 0.264. The molecule has 0 radical (unpaired) electrons. The van der Waals surface area contributed by atoms with Crippen LogP contribution in [0.25, 0.3) is 0 Å². The van der Waals surface area contributed by atoms with Crippen LogP contribution < -0.4 is 5.32 Å². The van der Waals surface area contributed by atoms with Crippen LogP contribution in [0.4, 0.5) is 10.5 Å². The summed E-state index contributed by atoms with van der Waals surface area (Å²) < 4.78 is 10.5. The molecule has 2 rings (SSSR count). The predicted octanol–water partition coefficient (Wildman–Crippen LogP) is 3.59. The van der Waals surface area contributed by atoms with Gasteiger partial charge in [-0.05, 0) is 64.3 Å². The Balaban J connectivity index is 1.97. The maximum Gasteiger partial charge on any atom is 0.410 e. The number of rotatable bonds is 5. The summed E-state index contributed by atoms with van der Waals surface area (Å²) >= 11 is 0. The number of carbonyl (C=O) groups excluding carboxylic acids is 3. The average molecular weight is 376 g/mol. The Bertz CT molecular complexity index is 679. The van der Waals surface area contributed by atoms with Gasteiger partial charge in [0, 0.05) is 12.2 Å². The fourth-order valence-electron chi connectivity index (χ4n) is 2.77. The lowest BCUT2D eigenvalue weighted by Crippen LogP contribution is -2.45. The normalized spacial score (nSPS) is 16.7. The molecule has 1 aliphatic heterocycles. The van der Waals surface area contributed by atoms with Crippen LogP contribution in [-0.4, -0.2) is 47.7 Å². The van der Waals surface area contributed by atoms with Crippen molar-refractivity contribution in [2.24, 2.45) is 0 Å². The molecule has 1 saturated heterocycles. The fourth-order valence-corrected chi connectivity index (χ4v) is 2.77. The highest BCUT2D eigenvalue weighted by Gasteiger charge is 2.36. The molecule has 1 aromatic carbocycles. The molecule has 1 heterocycles. The lowest BCUT2D eigenvalue weighted by molar-refractivity contribution is -0.120. The van der Waals surface area contributed by atoms with Crippen LogP contribution in [0, 0.1) is 0 Å². The molecule has 27 heavy (non-hydrogen) atoms. The number of benzene rings is 1. The SMILES string of the molecule is CCCOC(=O)c1ccc(NC(=O)[C@@H]2CCCN2C(=O)OC(C)(C)C)cc1. The molecule has 0 saturated carbocycles. The molecule has 0 bridgehead atoms. The van der Waals surface area contributed by atoms with Gasteiger partial charge in [-0.25, -0.2) is 9.59 Å². The van der Waals surface area contributed by atoms with Gasteiger partial charge in [0.05, 0.1) is 12.2 Å². The van der Waals surface area contributed by atoms with E-state index in [4.69, 9.17) is 9.47 Å². The fraction of sp³-hybridized carbons (Fsp3) is 0.550. The minimum atomic E-state index is -0.608. The Kier molecular flexibility index (Phi) is 6.82. The number of nitrogens with one attached hydrogen (secondary N) is 1. The molecule has 0 unspecified atom stereocenters. The summed E-state index contributed by atoms with van der Waals surface area (Å²) in [5.74, 6) is -0.652. The highest BCUT2D eigenvalue weighted by atomic mass is 16.6. The molecule has 7 heteroatoms. The first-order valence-electron chi connectivity index (χ1n) is 9.29. The third-order valence-electron chi connectivity index (χ3n) is 4.01. The summed E-state index contributed by atoms with van der Waals surface area (Å²) in [5.41, 5.74) is 0.379. The number of nitrogens with zero attached hydrogens (tertiary/aromatic N) is 1. The van der Waals surface area contributed by atoms with Gasteiger partial charge in [-0.15, -0.1) is 0 Å². The van der Waals surface area contributed by atoms with Crippen LogP contribution in [0.1, 0.15) is 57.3 Å².